The van der Waals surface area contributed by atoms with Crippen LogP contribution in [0.2, 0.25) is 10.0 Å². The van der Waals surface area contributed by atoms with Crippen LogP contribution in [0.4, 0.5) is 17.3 Å². The molecule has 1 aliphatic rings. The Hall–Kier alpha value is -1.56. The number of rotatable bonds is 5. The lowest BCUT2D eigenvalue weighted by Gasteiger charge is -2.13. The van der Waals surface area contributed by atoms with Crippen LogP contribution >= 0.6 is 23.2 Å². The molecule has 1 atom stereocenters. The first kappa shape index (κ1) is 16.3. The highest BCUT2D eigenvalue weighted by atomic mass is 35.5. The molecule has 7 heteroatoms. The molecular weight excluding hydrogens is 335 g/mol. The Bertz CT molecular complexity index is 690. The monoisotopic (exact) mass is 352 g/mol. The lowest BCUT2D eigenvalue weighted by molar-refractivity contribution is 0.120. The van der Waals surface area contributed by atoms with Gasteiger partial charge in [-0.25, -0.2) is 9.97 Å². The van der Waals surface area contributed by atoms with Crippen LogP contribution < -0.4 is 10.6 Å². The molecule has 1 aromatic heterocycles. The summed E-state index contributed by atoms with van der Waals surface area (Å²) < 4.78 is 5.61. The normalized spacial score (nSPS) is 17.3. The fourth-order valence-corrected chi connectivity index (χ4v) is 2.93. The van der Waals surface area contributed by atoms with Gasteiger partial charge >= 0.3 is 0 Å². The number of nitrogens with zero attached hydrogens (tertiary/aromatic N) is 2. The molecule has 0 radical (unpaired) electrons. The van der Waals surface area contributed by atoms with E-state index in [2.05, 4.69) is 20.6 Å². The van der Waals surface area contributed by atoms with E-state index in [0.29, 0.717) is 21.7 Å². The van der Waals surface area contributed by atoms with E-state index in [1.54, 1.807) is 12.1 Å². The molecule has 1 fully saturated rings. The van der Waals surface area contributed by atoms with Crippen LogP contribution in [0, 0.1) is 6.92 Å². The Morgan fingerprint density at radius 2 is 2.04 bits per heavy atom. The number of aromatic nitrogens is 2. The first-order valence-electron chi connectivity index (χ1n) is 7.53. The third-order valence-electron chi connectivity index (χ3n) is 3.57. The summed E-state index contributed by atoms with van der Waals surface area (Å²) in [6, 6.07) is 7.14. The number of hydrogen-bond acceptors (Lipinski definition) is 5. The third kappa shape index (κ3) is 4.47. The van der Waals surface area contributed by atoms with Gasteiger partial charge in [-0.15, -0.1) is 0 Å². The van der Waals surface area contributed by atoms with Crippen molar-refractivity contribution in [2.45, 2.75) is 25.9 Å². The van der Waals surface area contributed by atoms with Crippen molar-refractivity contribution in [2.24, 2.45) is 0 Å². The Morgan fingerprint density at radius 1 is 1.22 bits per heavy atom. The predicted octanol–water partition coefficient (Wildman–Crippen LogP) is 4.43. The SMILES string of the molecule is Cc1nc(NCC2CCCO2)cc(Nc2ccc(Cl)cc2Cl)n1. The number of hydrogen-bond donors (Lipinski definition) is 2. The van der Waals surface area contributed by atoms with Crippen LogP contribution in [-0.4, -0.2) is 29.2 Å². The van der Waals surface area contributed by atoms with Crippen LogP contribution in [-0.2, 0) is 4.74 Å². The molecule has 1 unspecified atom stereocenters. The topological polar surface area (TPSA) is 59.1 Å². The van der Waals surface area contributed by atoms with Crippen molar-refractivity contribution in [3.8, 4) is 0 Å². The maximum atomic E-state index is 6.18. The average Bonchev–Trinajstić information content (AvgIpc) is 3.01. The molecule has 0 saturated carbocycles. The summed E-state index contributed by atoms with van der Waals surface area (Å²) in [5.74, 6) is 2.12. The van der Waals surface area contributed by atoms with E-state index in [4.69, 9.17) is 27.9 Å². The molecule has 0 aliphatic carbocycles. The lowest BCUT2D eigenvalue weighted by atomic mass is 10.2. The van der Waals surface area contributed by atoms with Crippen LogP contribution in [0.25, 0.3) is 0 Å². The fourth-order valence-electron chi connectivity index (χ4n) is 2.47. The Kier molecular flexibility index (Phi) is 5.20. The Labute approximate surface area is 145 Å². The number of nitrogens with one attached hydrogen (secondary N) is 2. The summed E-state index contributed by atoms with van der Waals surface area (Å²) in [5.41, 5.74) is 0.749. The zero-order valence-corrected chi connectivity index (χ0v) is 14.3. The van der Waals surface area contributed by atoms with Crippen molar-refractivity contribution < 1.29 is 4.74 Å². The first-order valence-corrected chi connectivity index (χ1v) is 8.29. The average molecular weight is 353 g/mol. The van der Waals surface area contributed by atoms with E-state index in [1.807, 2.05) is 19.1 Å². The van der Waals surface area contributed by atoms with Gasteiger partial charge < -0.3 is 15.4 Å². The van der Waals surface area contributed by atoms with E-state index in [-0.39, 0.29) is 6.10 Å². The molecular formula is C16H18Cl2N4O. The van der Waals surface area contributed by atoms with Crippen LogP contribution in [0.5, 0.6) is 0 Å². The quantitative estimate of drug-likeness (QED) is 0.833. The lowest BCUT2D eigenvalue weighted by Crippen LogP contribution is -2.19. The summed E-state index contributed by atoms with van der Waals surface area (Å²) in [6.45, 7) is 3.44. The molecule has 1 saturated heterocycles. The number of halogens is 2. The maximum Gasteiger partial charge on any atom is 0.136 e. The third-order valence-corrected chi connectivity index (χ3v) is 4.11. The highest BCUT2D eigenvalue weighted by molar-refractivity contribution is 6.36. The van der Waals surface area contributed by atoms with Gasteiger partial charge in [0.05, 0.1) is 16.8 Å². The summed E-state index contributed by atoms with van der Waals surface area (Å²) in [4.78, 5) is 8.79. The molecule has 2 heterocycles. The van der Waals surface area contributed by atoms with E-state index < -0.39 is 0 Å². The second-order valence-electron chi connectivity index (χ2n) is 5.45. The van der Waals surface area contributed by atoms with Gasteiger partial charge in [0.25, 0.3) is 0 Å². The Morgan fingerprint density at radius 3 is 2.78 bits per heavy atom. The summed E-state index contributed by atoms with van der Waals surface area (Å²) in [7, 11) is 0. The van der Waals surface area contributed by atoms with E-state index in [9.17, 15) is 0 Å². The molecule has 0 spiro atoms. The second kappa shape index (κ2) is 7.34. The molecule has 3 rings (SSSR count). The number of aryl methyl sites for hydroxylation is 1. The first-order chi connectivity index (χ1) is 11.1. The molecule has 0 bridgehead atoms. The van der Waals surface area contributed by atoms with Crippen molar-refractivity contribution in [3.05, 3.63) is 40.1 Å². The van der Waals surface area contributed by atoms with Gasteiger partial charge in [0.15, 0.2) is 0 Å². The molecule has 2 aromatic rings. The summed E-state index contributed by atoms with van der Waals surface area (Å²) in [6.07, 6.45) is 2.46. The van der Waals surface area contributed by atoms with Gasteiger partial charge in [-0.3, -0.25) is 0 Å². The van der Waals surface area contributed by atoms with Crippen molar-refractivity contribution in [3.63, 3.8) is 0 Å². The molecule has 0 amide bonds. The molecule has 1 aliphatic heterocycles. The van der Waals surface area contributed by atoms with Gasteiger partial charge in [-0.1, -0.05) is 23.2 Å². The minimum atomic E-state index is 0.257. The second-order valence-corrected chi connectivity index (χ2v) is 6.29. The van der Waals surface area contributed by atoms with E-state index in [0.717, 1.165) is 37.5 Å². The highest BCUT2D eigenvalue weighted by Gasteiger charge is 2.15. The standard InChI is InChI=1S/C16H18Cl2N4O/c1-10-20-15(19-9-12-3-2-6-23-12)8-16(21-10)22-14-5-4-11(17)7-13(14)18/h4-5,7-8,12H,2-3,6,9H2,1H3,(H2,19,20,21,22). The minimum absolute atomic E-state index is 0.257. The number of anilines is 3. The van der Waals surface area contributed by atoms with Crippen molar-refractivity contribution in [1.82, 2.24) is 9.97 Å². The van der Waals surface area contributed by atoms with Gasteiger partial charge in [0.2, 0.25) is 0 Å². The summed E-state index contributed by atoms with van der Waals surface area (Å²) in [5, 5.41) is 7.64. The molecule has 2 N–H and O–H groups in total. The fraction of sp³-hybridized carbons (Fsp3) is 0.375. The zero-order chi connectivity index (χ0) is 16.2. The number of benzene rings is 1. The Balaban J connectivity index is 1.71. The van der Waals surface area contributed by atoms with Crippen LogP contribution in [0.1, 0.15) is 18.7 Å². The highest BCUT2D eigenvalue weighted by Crippen LogP contribution is 2.28. The minimum Gasteiger partial charge on any atom is -0.376 e. The molecule has 23 heavy (non-hydrogen) atoms. The predicted molar refractivity (Wildman–Crippen MR) is 94.0 cm³/mol. The van der Waals surface area contributed by atoms with E-state index in [1.165, 1.54) is 0 Å². The van der Waals surface area contributed by atoms with Gasteiger partial charge in [0.1, 0.15) is 17.5 Å². The zero-order valence-electron chi connectivity index (χ0n) is 12.8. The smallest absolute Gasteiger partial charge is 0.136 e. The van der Waals surface area contributed by atoms with Crippen molar-refractivity contribution in [2.75, 3.05) is 23.8 Å². The number of ether oxygens (including phenoxy) is 1. The molecule has 122 valence electrons. The van der Waals surface area contributed by atoms with Crippen LogP contribution in [0.15, 0.2) is 24.3 Å². The maximum absolute atomic E-state index is 6.18. The van der Waals surface area contributed by atoms with Crippen molar-refractivity contribution in [1.29, 1.82) is 0 Å². The molecule has 5 nitrogen and oxygen atoms in total. The molecule has 1 aromatic carbocycles. The summed E-state index contributed by atoms with van der Waals surface area (Å²) >= 11 is 12.1. The van der Waals surface area contributed by atoms with Gasteiger partial charge in [0, 0.05) is 24.2 Å². The van der Waals surface area contributed by atoms with Gasteiger partial charge in [-0.05, 0) is 38.0 Å². The van der Waals surface area contributed by atoms with Crippen molar-refractivity contribution >= 4 is 40.5 Å². The van der Waals surface area contributed by atoms with E-state index >= 15 is 0 Å². The van der Waals surface area contributed by atoms with Crippen LogP contribution in [0.3, 0.4) is 0 Å². The largest absolute Gasteiger partial charge is 0.376 e. The van der Waals surface area contributed by atoms with Gasteiger partial charge in [-0.2, -0.15) is 0 Å².